The van der Waals surface area contributed by atoms with Crippen LogP contribution in [0.5, 0.6) is 5.75 Å². The molecule has 0 aliphatic rings. The molecule has 0 bridgehead atoms. The highest BCUT2D eigenvalue weighted by molar-refractivity contribution is 7.99. The summed E-state index contributed by atoms with van der Waals surface area (Å²) in [6.45, 7) is 0.461. The van der Waals surface area contributed by atoms with Crippen molar-refractivity contribution < 1.29 is 9.53 Å². The Bertz CT molecular complexity index is 1190. The topological polar surface area (TPSA) is 69.0 Å². The average molecular weight is 439 g/mol. The van der Waals surface area contributed by atoms with Gasteiger partial charge in [0.05, 0.1) is 18.6 Å². The van der Waals surface area contributed by atoms with E-state index in [4.69, 9.17) is 16.3 Å². The molecule has 0 aliphatic heterocycles. The second-order valence-electron chi connectivity index (χ2n) is 6.58. The van der Waals surface area contributed by atoms with E-state index in [0.29, 0.717) is 16.7 Å². The number of carbonyl (C=O) groups excluding carboxylic acids is 1. The summed E-state index contributed by atoms with van der Waals surface area (Å²) in [6.07, 6.45) is 1.61. The fourth-order valence-corrected chi connectivity index (χ4v) is 3.96. The van der Waals surface area contributed by atoms with Crippen molar-refractivity contribution in [2.75, 3.05) is 12.9 Å². The highest BCUT2D eigenvalue weighted by Crippen LogP contribution is 2.23. The minimum Gasteiger partial charge on any atom is -0.497 e. The van der Waals surface area contributed by atoms with E-state index in [0.717, 1.165) is 27.8 Å². The van der Waals surface area contributed by atoms with Gasteiger partial charge in [-0.2, -0.15) is 0 Å². The maximum Gasteiger partial charge on any atom is 0.230 e. The summed E-state index contributed by atoms with van der Waals surface area (Å²) in [5, 5.41) is 14.5. The molecule has 0 saturated heterocycles. The smallest absolute Gasteiger partial charge is 0.230 e. The van der Waals surface area contributed by atoms with Gasteiger partial charge < -0.3 is 10.1 Å². The van der Waals surface area contributed by atoms with Crippen LogP contribution >= 0.6 is 23.4 Å². The first-order valence-corrected chi connectivity index (χ1v) is 10.6. The van der Waals surface area contributed by atoms with E-state index >= 15 is 0 Å². The molecule has 30 heavy (non-hydrogen) atoms. The molecule has 4 aromatic rings. The summed E-state index contributed by atoms with van der Waals surface area (Å²) in [6, 6.07) is 19.4. The Morgan fingerprint density at radius 1 is 1.13 bits per heavy atom. The van der Waals surface area contributed by atoms with Crippen molar-refractivity contribution in [3.05, 3.63) is 77.6 Å². The van der Waals surface area contributed by atoms with Crippen molar-refractivity contribution in [1.82, 2.24) is 20.1 Å². The molecule has 0 saturated carbocycles. The van der Waals surface area contributed by atoms with E-state index in [2.05, 4.69) is 21.6 Å². The van der Waals surface area contributed by atoms with Crippen LogP contribution in [0.25, 0.3) is 16.5 Å². The average Bonchev–Trinajstić information content (AvgIpc) is 3.24. The molecular weight excluding hydrogens is 420 g/mol. The third-order valence-corrected chi connectivity index (χ3v) is 5.71. The van der Waals surface area contributed by atoms with Crippen LogP contribution in [0.2, 0.25) is 5.02 Å². The van der Waals surface area contributed by atoms with Crippen molar-refractivity contribution in [3.63, 3.8) is 0 Å². The molecule has 1 N–H and O–H groups in total. The van der Waals surface area contributed by atoms with E-state index in [1.807, 2.05) is 48.5 Å². The number of thioether (sulfide) groups is 1. The predicted octanol–water partition coefficient (Wildman–Crippen LogP) is 4.49. The lowest BCUT2D eigenvalue weighted by Gasteiger charge is -2.08. The number of nitrogens with one attached hydrogen (secondary N) is 1. The van der Waals surface area contributed by atoms with Crippen LogP contribution in [0.15, 0.2) is 72.1 Å². The third-order valence-electron chi connectivity index (χ3n) is 4.54. The number of hydrogen-bond donors (Lipinski definition) is 1. The maximum atomic E-state index is 12.3. The Balaban J connectivity index is 1.35. The lowest BCUT2D eigenvalue weighted by atomic mass is 10.1. The summed E-state index contributed by atoms with van der Waals surface area (Å²) in [5.74, 6) is 0.992. The summed E-state index contributed by atoms with van der Waals surface area (Å²) < 4.78 is 7.06. The molecule has 0 aliphatic carbocycles. The van der Waals surface area contributed by atoms with Gasteiger partial charge in [0.1, 0.15) is 12.1 Å². The van der Waals surface area contributed by atoms with E-state index in [1.54, 1.807) is 24.1 Å². The Morgan fingerprint density at radius 3 is 2.80 bits per heavy atom. The van der Waals surface area contributed by atoms with E-state index in [-0.39, 0.29) is 11.7 Å². The van der Waals surface area contributed by atoms with Crippen LogP contribution in [0.1, 0.15) is 5.56 Å². The molecule has 3 aromatic carbocycles. The zero-order chi connectivity index (χ0) is 20.9. The molecule has 0 spiro atoms. The first kappa shape index (κ1) is 20.3. The van der Waals surface area contributed by atoms with Gasteiger partial charge in [-0.05, 0) is 52.7 Å². The Kier molecular flexibility index (Phi) is 6.21. The fraction of sp³-hybridized carbons (Fsp3) is 0.136. The third kappa shape index (κ3) is 4.75. The summed E-state index contributed by atoms with van der Waals surface area (Å²) in [5.41, 5.74) is 1.89. The number of halogens is 1. The highest BCUT2D eigenvalue weighted by atomic mass is 35.5. The van der Waals surface area contributed by atoms with Crippen molar-refractivity contribution >= 4 is 40.0 Å². The molecule has 1 aromatic heterocycles. The van der Waals surface area contributed by atoms with Crippen molar-refractivity contribution in [3.8, 4) is 11.4 Å². The summed E-state index contributed by atoms with van der Waals surface area (Å²) >= 11 is 7.39. The largest absolute Gasteiger partial charge is 0.497 e. The quantitative estimate of drug-likeness (QED) is 0.430. The number of carbonyl (C=O) groups is 1. The van der Waals surface area contributed by atoms with Crippen LogP contribution in [-0.4, -0.2) is 33.5 Å². The van der Waals surface area contributed by atoms with Crippen molar-refractivity contribution in [2.24, 2.45) is 0 Å². The van der Waals surface area contributed by atoms with E-state index in [1.165, 1.54) is 11.8 Å². The fourth-order valence-electron chi connectivity index (χ4n) is 3.02. The highest BCUT2D eigenvalue weighted by Gasteiger charge is 2.10. The van der Waals surface area contributed by atoms with E-state index < -0.39 is 0 Å². The number of fused-ring (bicyclic) bond motifs is 1. The molecule has 0 fully saturated rings. The van der Waals surface area contributed by atoms with Gasteiger partial charge >= 0.3 is 0 Å². The van der Waals surface area contributed by atoms with Gasteiger partial charge in [0.15, 0.2) is 5.16 Å². The first-order valence-electron chi connectivity index (χ1n) is 9.24. The van der Waals surface area contributed by atoms with E-state index in [9.17, 15) is 4.79 Å². The number of hydrogen-bond acceptors (Lipinski definition) is 5. The van der Waals surface area contributed by atoms with Crippen molar-refractivity contribution in [2.45, 2.75) is 11.7 Å². The number of nitrogens with zero attached hydrogens (tertiary/aromatic N) is 3. The SMILES string of the molecule is COc1ccc2cc(CNC(=O)CSc3nncn3-c3cccc(Cl)c3)ccc2c1. The van der Waals surface area contributed by atoms with Gasteiger partial charge in [0.25, 0.3) is 0 Å². The van der Waals surface area contributed by atoms with Gasteiger partial charge in [-0.15, -0.1) is 10.2 Å². The molecule has 0 unspecified atom stereocenters. The normalized spacial score (nSPS) is 10.9. The Hall–Kier alpha value is -3.03. The second kappa shape index (κ2) is 9.19. The van der Waals surface area contributed by atoms with Gasteiger partial charge in [-0.25, -0.2) is 0 Å². The summed E-state index contributed by atoms with van der Waals surface area (Å²) in [4.78, 5) is 12.3. The van der Waals surface area contributed by atoms with Gasteiger partial charge in [0.2, 0.25) is 5.91 Å². The number of ether oxygens (including phenoxy) is 1. The molecule has 0 atom stereocenters. The molecule has 4 rings (SSSR count). The Morgan fingerprint density at radius 2 is 1.97 bits per heavy atom. The number of benzene rings is 3. The lowest BCUT2D eigenvalue weighted by molar-refractivity contribution is -0.118. The number of aromatic nitrogens is 3. The van der Waals surface area contributed by atoms with Crippen LogP contribution in [-0.2, 0) is 11.3 Å². The molecule has 1 heterocycles. The van der Waals surface area contributed by atoms with Gasteiger partial charge in [0, 0.05) is 11.6 Å². The molecule has 6 nitrogen and oxygen atoms in total. The Labute approximate surface area is 183 Å². The molecule has 1 amide bonds. The zero-order valence-corrected chi connectivity index (χ0v) is 17.8. The second-order valence-corrected chi connectivity index (χ2v) is 7.96. The van der Waals surface area contributed by atoms with Gasteiger partial charge in [-0.3, -0.25) is 9.36 Å². The molecule has 0 radical (unpaired) electrons. The van der Waals surface area contributed by atoms with Crippen LogP contribution in [0.4, 0.5) is 0 Å². The molecule has 152 valence electrons. The van der Waals surface area contributed by atoms with Crippen molar-refractivity contribution in [1.29, 1.82) is 0 Å². The minimum atomic E-state index is -0.0736. The lowest BCUT2D eigenvalue weighted by Crippen LogP contribution is -2.24. The zero-order valence-electron chi connectivity index (χ0n) is 16.2. The van der Waals surface area contributed by atoms with Gasteiger partial charge in [-0.1, -0.05) is 47.6 Å². The van der Waals surface area contributed by atoms with Crippen LogP contribution < -0.4 is 10.1 Å². The molecular formula is C22H19ClN4O2S. The minimum absolute atomic E-state index is 0.0736. The molecule has 8 heteroatoms. The monoisotopic (exact) mass is 438 g/mol. The number of rotatable bonds is 7. The number of amides is 1. The maximum absolute atomic E-state index is 12.3. The first-order chi connectivity index (χ1) is 14.6. The number of methoxy groups -OCH3 is 1. The van der Waals surface area contributed by atoms with Crippen LogP contribution in [0, 0.1) is 0 Å². The predicted molar refractivity (Wildman–Crippen MR) is 119 cm³/mol. The summed E-state index contributed by atoms with van der Waals surface area (Å²) in [7, 11) is 1.65. The standard InChI is InChI=1S/C22H19ClN4O2S/c1-29-20-8-7-16-9-15(5-6-17(16)10-20)12-24-21(28)13-30-22-26-25-14-27(22)19-4-2-3-18(23)11-19/h2-11,14H,12-13H2,1H3,(H,24,28). The van der Waals surface area contributed by atoms with Crippen LogP contribution in [0.3, 0.4) is 0 Å².